The van der Waals surface area contributed by atoms with Crippen molar-refractivity contribution in [2.24, 2.45) is 0 Å². The van der Waals surface area contributed by atoms with Crippen molar-refractivity contribution in [2.75, 3.05) is 17.0 Å². The Morgan fingerprint density at radius 3 is 2.77 bits per heavy atom. The third-order valence-electron chi connectivity index (χ3n) is 7.56. The van der Waals surface area contributed by atoms with E-state index in [1.54, 1.807) is 11.9 Å². The molecule has 0 aliphatic carbocycles. The molecule has 0 fully saturated rings. The molecule has 1 amide bonds. The quantitative estimate of drug-likeness (QED) is 0.183. The zero-order valence-corrected chi connectivity index (χ0v) is 24.4. The van der Waals surface area contributed by atoms with E-state index >= 15 is 0 Å². The number of anilines is 1. The number of amides is 1. The predicted octanol–water partition coefficient (Wildman–Crippen LogP) is 4.94. The predicted molar refractivity (Wildman–Crippen MR) is 164 cm³/mol. The average molecular weight is 561 g/mol. The SMILES string of the molecule is CCCc1ccc2c3c1cc(C(=O)N[C@@H](Cc1ccccc1)[C@H](O)CNCc1cnn(CC)c1)n3C(C)CSN2. The van der Waals surface area contributed by atoms with Gasteiger partial charge in [0.05, 0.1) is 29.5 Å². The zero-order chi connectivity index (χ0) is 28.1. The highest BCUT2D eigenvalue weighted by molar-refractivity contribution is 8.00. The minimum Gasteiger partial charge on any atom is -0.390 e. The van der Waals surface area contributed by atoms with Crippen LogP contribution in [0.1, 0.15) is 60.4 Å². The molecule has 0 spiro atoms. The van der Waals surface area contributed by atoms with Crippen LogP contribution in [0.3, 0.4) is 0 Å². The second kappa shape index (κ2) is 12.9. The molecule has 3 heterocycles. The van der Waals surface area contributed by atoms with Crippen molar-refractivity contribution in [1.29, 1.82) is 0 Å². The summed E-state index contributed by atoms with van der Waals surface area (Å²) in [6.07, 6.45) is 5.59. The Balaban J connectivity index is 1.40. The normalized spacial score (nSPS) is 16.4. The molecule has 1 aliphatic rings. The molecule has 2 aromatic carbocycles. The number of aliphatic hydroxyl groups excluding tert-OH is 1. The first-order valence-electron chi connectivity index (χ1n) is 14.3. The number of rotatable bonds is 12. The summed E-state index contributed by atoms with van der Waals surface area (Å²) >= 11 is 1.67. The summed E-state index contributed by atoms with van der Waals surface area (Å²) in [7, 11) is 0. The monoisotopic (exact) mass is 560 g/mol. The van der Waals surface area contributed by atoms with Gasteiger partial charge in [0.2, 0.25) is 0 Å². The molecule has 0 saturated heterocycles. The van der Waals surface area contributed by atoms with Gasteiger partial charge < -0.3 is 25.0 Å². The van der Waals surface area contributed by atoms with E-state index in [1.807, 2.05) is 53.5 Å². The summed E-state index contributed by atoms with van der Waals surface area (Å²) in [5, 5.41) is 23.3. The van der Waals surface area contributed by atoms with Crippen LogP contribution >= 0.6 is 11.9 Å². The second-order valence-electron chi connectivity index (χ2n) is 10.6. The molecule has 0 radical (unpaired) electrons. The minimum absolute atomic E-state index is 0.136. The summed E-state index contributed by atoms with van der Waals surface area (Å²) < 4.78 is 7.55. The van der Waals surface area contributed by atoms with Gasteiger partial charge in [-0.3, -0.25) is 9.48 Å². The van der Waals surface area contributed by atoms with Gasteiger partial charge in [-0.1, -0.05) is 61.7 Å². The number of hydrogen-bond donors (Lipinski definition) is 4. The van der Waals surface area contributed by atoms with Crippen LogP contribution in [0.25, 0.3) is 10.9 Å². The molecule has 4 N–H and O–H groups in total. The van der Waals surface area contributed by atoms with E-state index in [9.17, 15) is 9.90 Å². The Hall–Kier alpha value is -3.27. The fraction of sp³-hybridized carbons (Fsp3) is 0.419. The number of nitrogens with zero attached hydrogens (tertiary/aromatic N) is 3. The summed E-state index contributed by atoms with van der Waals surface area (Å²) in [6.45, 7) is 8.16. The maximum absolute atomic E-state index is 14.0. The summed E-state index contributed by atoms with van der Waals surface area (Å²) in [6, 6.07) is 16.0. The van der Waals surface area contributed by atoms with Crippen molar-refractivity contribution in [1.82, 2.24) is 25.0 Å². The van der Waals surface area contributed by atoms with E-state index in [2.05, 4.69) is 57.9 Å². The molecule has 4 aromatic rings. The fourth-order valence-electron chi connectivity index (χ4n) is 5.49. The molecule has 9 heteroatoms. The number of benzene rings is 2. The number of aryl methyl sites for hydroxylation is 2. The van der Waals surface area contributed by atoms with E-state index in [1.165, 1.54) is 5.56 Å². The van der Waals surface area contributed by atoms with E-state index in [-0.39, 0.29) is 11.9 Å². The van der Waals surface area contributed by atoms with Gasteiger partial charge in [0.1, 0.15) is 5.69 Å². The molecule has 0 saturated carbocycles. The van der Waals surface area contributed by atoms with Gasteiger partial charge in [-0.05, 0) is 49.9 Å². The molecular weight excluding hydrogens is 520 g/mol. The molecule has 3 atom stereocenters. The van der Waals surface area contributed by atoms with Crippen LogP contribution in [0.2, 0.25) is 0 Å². The lowest BCUT2D eigenvalue weighted by molar-refractivity contribution is 0.0821. The first kappa shape index (κ1) is 28.3. The molecule has 40 heavy (non-hydrogen) atoms. The van der Waals surface area contributed by atoms with Gasteiger partial charge in [-0.25, -0.2) is 0 Å². The van der Waals surface area contributed by atoms with E-state index in [0.29, 0.717) is 25.2 Å². The summed E-state index contributed by atoms with van der Waals surface area (Å²) in [5.74, 6) is 0.684. The second-order valence-corrected chi connectivity index (χ2v) is 11.4. The Bertz CT molecular complexity index is 1430. The van der Waals surface area contributed by atoms with Gasteiger partial charge in [0.25, 0.3) is 5.91 Å². The first-order valence-corrected chi connectivity index (χ1v) is 15.3. The third kappa shape index (κ3) is 6.22. The molecule has 8 nitrogen and oxygen atoms in total. The van der Waals surface area contributed by atoms with Crippen molar-refractivity contribution in [3.05, 3.63) is 83.3 Å². The van der Waals surface area contributed by atoms with Crippen LogP contribution in [-0.4, -0.2) is 49.8 Å². The van der Waals surface area contributed by atoms with Crippen LogP contribution < -0.4 is 15.4 Å². The topological polar surface area (TPSA) is 96.1 Å². The van der Waals surface area contributed by atoms with Crippen molar-refractivity contribution in [3.63, 3.8) is 0 Å². The van der Waals surface area contributed by atoms with Gasteiger partial charge in [0, 0.05) is 48.6 Å². The summed E-state index contributed by atoms with van der Waals surface area (Å²) in [5.41, 5.74) is 6.15. The van der Waals surface area contributed by atoms with Crippen LogP contribution in [0, 0.1) is 0 Å². The lowest BCUT2D eigenvalue weighted by Gasteiger charge is -2.25. The number of aromatic nitrogens is 3. The van der Waals surface area contributed by atoms with E-state index < -0.39 is 12.1 Å². The average Bonchev–Trinajstić information content (AvgIpc) is 3.55. The smallest absolute Gasteiger partial charge is 0.268 e. The number of aliphatic hydroxyl groups is 1. The Morgan fingerprint density at radius 1 is 1.20 bits per heavy atom. The van der Waals surface area contributed by atoms with Crippen LogP contribution in [0.5, 0.6) is 0 Å². The number of nitrogens with one attached hydrogen (secondary N) is 3. The Labute approximate surface area is 240 Å². The lowest BCUT2D eigenvalue weighted by atomic mass is 10.0. The van der Waals surface area contributed by atoms with Gasteiger partial charge >= 0.3 is 0 Å². The fourth-order valence-corrected chi connectivity index (χ4v) is 6.28. The molecule has 0 bridgehead atoms. The Kier molecular flexibility index (Phi) is 9.14. The molecule has 2 aromatic heterocycles. The zero-order valence-electron chi connectivity index (χ0n) is 23.6. The number of carbonyl (C=O) groups is 1. The van der Waals surface area contributed by atoms with Crippen molar-refractivity contribution in [2.45, 2.75) is 71.3 Å². The molecular formula is C31H40N6O2S. The molecule has 5 rings (SSSR count). The van der Waals surface area contributed by atoms with Gasteiger partial charge in [-0.2, -0.15) is 5.10 Å². The highest BCUT2D eigenvalue weighted by Crippen LogP contribution is 2.38. The Morgan fingerprint density at radius 2 is 2.02 bits per heavy atom. The van der Waals surface area contributed by atoms with Crippen LogP contribution in [-0.2, 0) is 25.9 Å². The molecule has 212 valence electrons. The lowest BCUT2D eigenvalue weighted by Crippen LogP contribution is -2.49. The molecule has 1 aliphatic heterocycles. The standard InChI is InChI=1S/C31H40N6O2S/c1-4-9-24-12-13-26-30-25(24)15-28(37(30)21(3)20-40-35-26)31(39)34-27(14-22-10-7-6-8-11-22)29(38)18-32-16-23-17-33-36(5-2)19-23/h6-8,10-13,15,17,19,21,27,29,32,35,38H,4-5,9,14,16,18,20H2,1-3H3,(H,34,39)/t21?,27-,29+/m0/s1. The third-order valence-corrected chi connectivity index (χ3v) is 8.57. The van der Waals surface area contributed by atoms with Gasteiger partial charge in [0.15, 0.2) is 0 Å². The van der Waals surface area contributed by atoms with Crippen molar-refractivity contribution >= 4 is 34.4 Å². The van der Waals surface area contributed by atoms with E-state index in [0.717, 1.165) is 52.9 Å². The van der Waals surface area contributed by atoms with Crippen molar-refractivity contribution in [3.8, 4) is 0 Å². The van der Waals surface area contributed by atoms with Gasteiger partial charge in [-0.15, -0.1) is 0 Å². The van der Waals surface area contributed by atoms with E-state index in [4.69, 9.17) is 0 Å². The summed E-state index contributed by atoms with van der Waals surface area (Å²) in [4.78, 5) is 14.0. The van der Waals surface area contributed by atoms with Crippen LogP contribution in [0.15, 0.2) is 60.9 Å². The highest BCUT2D eigenvalue weighted by atomic mass is 32.2. The number of carbonyl (C=O) groups excluding carboxylic acids is 1. The molecule has 1 unspecified atom stereocenters. The largest absolute Gasteiger partial charge is 0.390 e. The number of hydrogen-bond acceptors (Lipinski definition) is 6. The maximum atomic E-state index is 14.0. The van der Waals surface area contributed by atoms with Crippen molar-refractivity contribution < 1.29 is 9.90 Å². The first-order chi connectivity index (χ1) is 19.5. The highest BCUT2D eigenvalue weighted by Gasteiger charge is 2.28. The maximum Gasteiger partial charge on any atom is 0.268 e. The minimum atomic E-state index is -0.778. The van der Waals surface area contributed by atoms with Crippen LogP contribution in [0.4, 0.5) is 5.69 Å².